The number of fused-ring (bicyclic) bond motifs is 1. The van der Waals surface area contributed by atoms with Crippen LogP contribution in [0.2, 0.25) is 10.0 Å². The number of halogens is 2. The lowest BCUT2D eigenvalue weighted by atomic mass is 9.83. The minimum Gasteiger partial charge on any atom is -0.324 e. The van der Waals surface area contributed by atoms with Crippen LogP contribution in [-0.2, 0) is 10.3 Å². The fourth-order valence-electron chi connectivity index (χ4n) is 3.52. The van der Waals surface area contributed by atoms with Crippen molar-refractivity contribution in [1.82, 2.24) is 10.2 Å². The van der Waals surface area contributed by atoms with Crippen molar-refractivity contribution in [3.8, 4) is 0 Å². The number of rotatable bonds is 7. The molecule has 1 heterocycles. The molecule has 2 N–H and O–H groups in total. The van der Waals surface area contributed by atoms with Crippen LogP contribution in [0.25, 0.3) is 0 Å². The van der Waals surface area contributed by atoms with E-state index in [-0.39, 0.29) is 5.91 Å². The summed E-state index contributed by atoms with van der Waals surface area (Å²) in [5.41, 5.74) is 1.25. The van der Waals surface area contributed by atoms with Crippen LogP contribution < -0.4 is 10.6 Å². The van der Waals surface area contributed by atoms with Crippen molar-refractivity contribution in [3.05, 3.63) is 63.6 Å². The normalized spacial score (nSPS) is 18.9. The molecule has 0 saturated heterocycles. The second-order valence-corrected chi connectivity index (χ2v) is 7.17. The molecule has 0 radical (unpaired) electrons. The minimum absolute atomic E-state index is 0.137. The zero-order valence-electron chi connectivity index (χ0n) is 15.0. The van der Waals surface area contributed by atoms with Crippen molar-refractivity contribution < 1.29 is 4.79 Å². The van der Waals surface area contributed by atoms with E-state index in [0.717, 1.165) is 36.4 Å². The molecule has 6 heteroatoms. The molecule has 1 atom stereocenters. The van der Waals surface area contributed by atoms with E-state index in [0.29, 0.717) is 16.6 Å². The van der Waals surface area contributed by atoms with Gasteiger partial charge in [-0.15, -0.1) is 0 Å². The maximum absolute atomic E-state index is 13.1. The predicted octanol–water partition coefficient (Wildman–Crippen LogP) is 4.12. The Morgan fingerprint density at radius 1 is 1.08 bits per heavy atom. The summed E-state index contributed by atoms with van der Waals surface area (Å²) in [6.45, 7) is 7.67. The first-order valence-electron chi connectivity index (χ1n) is 8.86. The number of likely N-dealkylation sites (N-methyl/N-ethyl adjacent to an activating group) is 1. The number of benzene rings is 2. The lowest BCUT2D eigenvalue weighted by Crippen LogP contribution is -2.51. The van der Waals surface area contributed by atoms with Gasteiger partial charge in [-0.2, -0.15) is 0 Å². The van der Waals surface area contributed by atoms with Crippen molar-refractivity contribution in [1.29, 1.82) is 0 Å². The van der Waals surface area contributed by atoms with E-state index in [4.69, 9.17) is 23.2 Å². The fourth-order valence-corrected chi connectivity index (χ4v) is 3.97. The third kappa shape index (κ3) is 3.35. The van der Waals surface area contributed by atoms with Gasteiger partial charge in [-0.05, 0) is 37.4 Å². The lowest BCUT2D eigenvalue weighted by molar-refractivity contribution is -0.120. The first kappa shape index (κ1) is 19.2. The van der Waals surface area contributed by atoms with E-state index < -0.39 is 5.54 Å². The van der Waals surface area contributed by atoms with Gasteiger partial charge in [0.2, 0.25) is 0 Å². The van der Waals surface area contributed by atoms with Gasteiger partial charge in [-0.25, -0.2) is 0 Å². The molecule has 0 spiro atoms. The smallest absolute Gasteiger partial charge is 0.254 e. The topological polar surface area (TPSA) is 44.4 Å². The van der Waals surface area contributed by atoms with Crippen LogP contribution in [0.15, 0.2) is 42.5 Å². The highest BCUT2D eigenvalue weighted by Crippen LogP contribution is 2.44. The summed E-state index contributed by atoms with van der Waals surface area (Å²) >= 11 is 12.7. The van der Waals surface area contributed by atoms with Gasteiger partial charge >= 0.3 is 0 Å². The summed E-state index contributed by atoms with van der Waals surface area (Å²) in [6.07, 6.45) is 0. The number of carbonyl (C=O) groups excluding carboxylic acids is 1. The zero-order chi connectivity index (χ0) is 18.7. The molecule has 1 amide bonds. The van der Waals surface area contributed by atoms with Gasteiger partial charge in [0.1, 0.15) is 0 Å². The second-order valence-electron chi connectivity index (χ2n) is 6.33. The van der Waals surface area contributed by atoms with Gasteiger partial charge in [-0.1, -0.05) is 55.2 Å². The lowest BCUT2D eigenvalue weighted by Gasteiger charge is -2.31. The van der Waals surface area contributed by atoms with Crippen LogP contribution in [-0.4, -0.2) is 37.0 Å². The number of anilines is 1. The predicted molar refractivity (Wildman–Crippen MR) is 108 cm³/mol. The molecule has 4 nitrogen and oxygen atoms in total. The number of hydrogen-bond acceptors (Lipinski definition) is 3. The van der Waals surface area contributed by atoms with Crippen molar-refractivity contribution >= 4 is 34.8 Å². The number of nitrogens with one attached hydrogen (secondary N) is 2. The molecular formula is C20H23Cl2N3O. The van der Waals surface area contributed by atoms with Crippen molar-refractivity contribution in [2.45, 2.75) is 19.4 Å². The third-order valence-electron chi connectivity index (χ3n) is 4.96. The van der Waals surface area contributed by atoms with Gasteiger partial charge in [0.15, 0.2) is 5.54 Å². The number of amides is 1. The molecule has 2 aromatic carbocycles. The molecule has 1 aliphatic heterocycles. The van der Waals surface area contributed by atoms with E-state index >= 15 is 0 Å². The van der Waals surface area contributed by atoms with Crippen LogP contribution in [0.5, 0.6) is 0 Å². The van der Waals surface area contributed by atoms with Crippen LogP contribution in [0.3, 0.4) is 0 Å². The average molecular weight is 392 g/mol. The summed E-state index contributed by atoms with van der Waals surface area (Å²) < 4.78 is 0. The molecular weight excluding hydrogens is 369 g/mol. The Kier molecular flexibility index (Phi) is 5.88. The Hall–Kier alpha value is -1.59. The van der Waals surface area contributed by atoms with Gasteiger partial charge in [0, 0.05) is 39.9 Å². The van der Waals surface area contributed by atoms with Crippen LogP contribution in [0, 0.1) is 0 Å². The van der Waals surface area contributed by atoms with E-state index in [2.05, 4.69) is 29.4 Å². The highest BCUT2D eigenvalue weighted by atomic mass is 35.5. The van der Waals surface area contributed by atoms with E-state index in [1.165, 1.54) is 0 Å². The maximum Gasteiger partial charge on any atom is 0.254 e. The molecule has 0 saturated carbocycles. The third-order valence-corrected chi connectivity index (χ3v) is 5.53. The summed E-state index contributed by atoms with van der Waals surface area (Å²) in [5.74, 6) is -0.137. The highest BCUT2D eigenvalue weighted by molar-refractivity contribution is 6.32. The van der Waals surface area contributed by atoms with E-state index in [9.17, 15) is 4.79 Å². The van der Waals surface area contributed by atoms with Gasteiger partial charge in [0.25, 0.3) is 5.91 Å². The molecule has 1 unspecified atom stereocenters. The average Bonchev–Trinajstić information content (AvgIpc) is 2.91. The Morgan fingerprint density at radius 2 is 1.81 bits per heavy atom. The number of hydrogen-bond donors (Lipinski definition) is 2. The first-order chi connectivity index (χ1) is 12.5. The maximum atomic E-state index is 13.1. The molecule has 3 rings (SSSR count). The number of carbonyl (C=O) groups is 1. The number of nitrogens with zero attached hydrogens (tertiary/aromatic N) is 1. The first-order valence-corrected chi connectivity index (χ1v) is 9.62. The largest absolute Gasteiger partial charge is 0.324 e. The summed E-state index contributed by atoms with van der Waals surface area (Å²) in [6, 6.07) is 12.9. The van der Waals surface area contributed by atoms with Crippen LogP contribution >= 0.6 is 23.2 Å². The standard InChI is InChI=1S/C20H23Cl2N3O/c1-3-25(4-2)12-11-23-20(15-7-5-6-8-17(15)22)16-13-14(21)9-10-18(16)24-19(20)26/h5-10,13,23H,3-4,11-12H2,1-2H3,(H,24,26). The van der Waals surface area contributed by atoms with Gasteiger partial charge in [0.05, 0.1) is 0 Å². The van der Waals surface area contributed by atoms with Crippen molar-refractivity contribution in [3.63, 3.8) is 0 Å². The fraction of sp³-hybridized carbons (Fsp3) is 0.350. The molecule has 0 aromatic heterocycles. The summed E-state index contributed by atoms with van der Waals surface area (Å²) in [4.78, 5) is 15.4. The Labute approximate surface area is 164 Å². The monoisotopic (exact) mass is 391 g/mol. The molecule has 0 bridgehead atoms. The summed E-state index contributed by atoms with van der Waals surface area (Å²) in [5, 5.41) is 7.60. The van der Waals surface area contributed by atoms with Crippen LogP contribution in [0.1, 0.15) is 25.0 Å². The second kappa shape index (κ2) is 7.97. The Bertz CT molecular complexity index is 807. The van der Waals surface area contributed by atoms with Gasteiger partial charge < -0.3 is 10.2 Å². The molecule has 138 valence electrons. The molecule has 0 aliphatic carbocycles. The van der Waals surface area contributed by atoms with Crippen molar-refractivity contribution in [2.75, 3.05) is 31.5 Å². The molecule has 2 aromatic rings. The quantitative estimate of drug-likeness (QED) is 0.745. The molecule has 1 aliphatic rings. The molecule has 0 fully saturated rings. The van der Waals surface area contributed by atoms with Crippen LogP contribution in [0.4, 0.5) is 5.69 Å². The summed E-state index contributed by atoms with van der Waals surface area (Å²) in [7, 11) is 0. The van der Waals surface area contributed by atoms with Crippen molar-refractivity contribution in [2.24, 2.45) is 0 Å². The van der Waals surface area contributed by atoms with E-state index in [1.807, 2.05) is 30.3 Å². The highest BCUT2D eigenvalue weighted by Gasteiger charge is 2.49. The van der Waals surface area contributed by atoms with E-state index in [1.54, 1.807) is 12.1 Å². The molecule has 26 heavy (non-hydrogen) atoms. The van der Waals surface area contributed by atoms with Gasteiger partial charge in [-0.3, -0.25) is 10.1 Å². The zero-order valence-corrected chi connectivity index (χ0v) is 16.5. The Balaban J connectivity index is 2.06. The SMILES string of the molecule is CCN(CC)CCNC1(c2ccccc2Cl)C(=O)Nc2ccc(Cl)cc21. The Morgan fingerprint density at radius 3 is 2.50 bits per heavy atom. The minimum atomic E-state index is -1.05.